The third-order valence-corrected chi connectivity index (χ3v) is 3.68. The van der Waals surface area contributed by atoms with E-state index < -0.39 is 0 Å². The largest absolute Gasteiger partial charge is 0.497 e. The van der Waals surface area contributed by atoms with Crippen LogP contribution in [0.15, 0.2) is 18.2 Å². The van der Waals surface area contributed by atoms with Crippen molar-refractivity contribution in [3.63, 3.8) is 0 Å². The van der Waals surface area contributed by atoms with E-state index in [9.17, 15) is 4.39 Å². The highest BCUT2D eigenvalue weighted by atomic mass is 19.1. The summed E-state index contributed by atoms with van der Waals surface area (Å²) in [7, 11) is 1.55. The molecule has 17 heavy (non-hydrogen) atoms. The maximum Gasteiger partial charge on any atom is 0.130 e. The summed E-state index contributed by atoms with van der Waals surface area (Å²) in [4.78, 5) is 0. The highest BCUT2D eigenvalue weighted by molar-refractivity contribution is 5.32. The van der Waals surface area contributed by atoms with E-state index in [2.05, 4.69) is 0 Å². The third-order valence-electron chi connectivity index (χ3n) is 3.68. The van der Waals surface area contributed by atoms with Crippen LogP contribution >= 0.6 is 0 Å². The van der Waals surface area contributed by atoms with Gasteiger partial charge >= 0.3 is 0 Å². The maximum absolute atomic E-state index is 14.0. The first-order chi connectivity index (χ1) is 8.22. The van der Waals surface area contributed by atoms with Crippen LogP contribution < -0.4 is 10.5 Å². The molecule has 0 heterocycles. The molecule has 1 saturated carbocycles. The number of hydrogen-bond acceptors (Lipinski definition) is 2. The fraction of sp³-hybridized carbons (Fsp3) is 0.571. The lowest BCUT2D eigenvalue weighted by molar-refractivity contribution is 0.408. The maximum atomic E-state index is 14.0. The van der Waals surface area contributed by atoms with Gasteiger partial charge in [0.25, 0.3) is 0 Å². The summed E-state index contributed by atoms with van der Waals surface area (Å²) in [6, 6.07) is 5.17. The second kappa shape index (κ2) is 5.50. The van der Waals surface area contributed by atoms with Crippen molar-refractivity contribution < 1.29 is 9.13 Å². The lowest BCUT2D eigenvalue weighted by Gasteiger charge is -2.22. The predicted molar refractivity (Wildman–Crippen MR) is 66.8 cm³/mol. The van der Waals surface area contributed by atoms with Gasteiger partial charge in [0.2, 0.25) is 0 Å². The van der Waals surface area contributed by atoms with Crippen molar-refractivity contribution in [2.75, 3.05) is 7.11 Å². The van der Waals surface area contributed by atoms with Crippen molar-refractivity contribution in [2.24, 2.45) is 5.73 Å². The van der Waals surface area contributed by atoms with Crippen LogP contribution in [-0.2, 0) is 0 Å². The van der Waals surface area contributed by atoms with Gasteiger partial charge in [0.15, 0.2) is 0 Å². The number of methoxy groups -OCH3 is 1. The highest BCUT2D eigenvalue weighted by Gasteiger charge is 2.24. The second-order valence-corrected chi connectivity index (χ2v) is 4.80. The standard InChI is InChI=1S/C14H20FNO/c1-17-10-7-8-11(13(15)9-10)12-5-3-2-4-6-14(12)16/h7-9,12,14H,2-6,16H2,1H3. The van der Waals surface area contributed by atoms with Gasteiger partial charge in [0.05, 0.1) is 7.11 Å². The molecule has 0 bridgehead atoms. The van der Waals surface area contributed by atoms with E-state index in [1.165, 1.54) is 12.5 Å². The molecule has 0 aliphatic heterocycles. The van der Waals surface area contributed by atoms with Crippen molar-refractivity contribution in [3.8, 4) is 5.75 Å². The number of nitrogens with two attached hydrogens (primary N) is 1. The summed E-state index contributed by atoms with van der Waals surface area (Å²) in [5.41, 5.74) is 6.90. The van der Waals surface area contributed by atoms with E-state index in [4.69, 9.17) is 10.5 Å². The van der Waals surface area contributed by atoms with Crippen molar-refractivity contribution in [3.05, 3.63) is 29.6 Å². The smallest absolute Gasteiger partial charge is 0.130 e. The molecule has 0 radical (unpaired) electrons. The molecule has 2 N–H and O–H groups in total. The average Bonchev–Trinajstić information content (AvgIpc) is 2.54. The Morgan fingerprint density at radius 1 is 1.24 bits per heavy atom. The zero-order valence-corrected chi connectivity index (χ0v) is 10.3. The van der Waals surface area contributed by atoms with Gasteiger partial charge in [-0.05, 0) is 24.5 Å². The molecule has 1 aromatic rings. The Morgan fingerprint density at radius 3 is 2.71 bits per heavy atom. The molecule has 0 aromatic heterocycles. The summed E-state index contributed by atoms with van der Waals surface area (Å²) in [5, 5.41) is 0. The van der Waals surface area contributed by atoms with Crippen molar-refractivity contribution >= 4 is 0 Å². The summed E-state index contributed by atoms with van der Waals surface area (Å²) in [6.07, 6.45) is 5.50. The van der Waals surface area contributed by atoms with E-state index in [1.807, 2.05) is 12.1 Å². The van der Waals surface area contributed by atoms with Crippen LogP contribution in [0.2, 0.25) is 0 Å². The molecule has 2 nitrogen and oxygen atoms in total. The number of benzene rings is 1. The fourth-order valence-electron chi connectivity index (χ4n) is 2.66. The van der Waals surface area contributed by atoms with E-state index in [-0.39, 0.29) is 17.8 Å². The van der Waals surface area contributed by atoms with Crippen LogP contribution in [0.1, 0.15) is 43.6 Å². The number of halogens is 1. The Bertz CT molecular complexity index is 380. The zero-order valence-electron chi connectivity index (χ0n) is 10.3. The van der Waals surface area contributed by atoms with Crippen LogP contribution in [0.5, 0.6) is 5.75 Å². The summed E-state index contributed by atoms with van der Waals surface area (Å²) >= 11 is 0. The minimum absolute atomic E-state index is 0.0837. The molecular formula is C14H20FNO. The van der Waals surface area contributed by atoms with E-state index in [0.717, 1.165) is 31.2 Å². The molecule has 2 rings (SSSR count). The Morgan fingerprint density at radius 2 is 2.00 bits per heavy atom. The molecule has 0 saturated heterocycles. The highest BCUT2D eigenvalue weighted by Crippen LogP contribution is 2.33. The van der Waals surface area contributed by atoms with Gasteiger partial charge in [0.1, 0.15) is 11.6 Å². The van der Waals surface area contributed by atoms with Crippen LogP contribution in [-0.4, -0.2) is 13.2 Å². The first kappa shape index (κ1) is 12.4. The van der Waals surface area contributed by atoms with Crippen LogP contribution in [0, 0.1) is 5.82 Å². The molecule has 2 unspecified atom stereocenters. The van der Waals surface area contributed by atoms with E-state index in [0.29, 0.717) is 5.75 Å². The first-order valence-corrected chi connectivity index (χ1v) is 6.31. The summed E-state index contributed by atoms with van der Waals surface area (Å²) in [6.45, 7) is 0. The second-order valence-electron chi connectivity index (χ2n) is 4.80. The Kier molecular flexibility index (Phi) is 4.00. The third kappa shape index (κ3) is 2.78. The van der Waals surface area contributed by atoms with Crippen molar-refractivity contribution in [2.45, 2.75) is 44.1 Å². The lowest BCUT2D eigenvalue weighted by atomic mass is 9.88. The van der Waals surface area contributed by atoms with Crippen LogP contribution in [0.3, 0.4) is 0 Å². The Balaban J connectivity index is 2.25. The van der Waals surface area contributed by atoms with Gasteiger partial charge in [0, 0.05) is 18.0 Å². The molecule has 3 heteroatoms. The Hall–Kier alpha value is -1.09. The number of ether oxygens (including phenoxy) is 1. The van der Waals surface area contributed by atoms with Gasteiger partial charge < -0.3 is 10.5 Å². The Labute approximate surface area is 102 Å². The minimum Gasteiger partial charge on any atom is -0.497 e. The lowest BCUT2D eigenvalue weighted by Crippen LogP contribution is -2.27. The van der Waals surface area contributed by atoms with Gasteiger partial charge in [-0.2, -0.15) is 0 Å². The van der Waals surface area contributed by atoms with E-state index >= 15 is 0 Å². The zero-order chi connectivity index (χ0) is 12.3. The molecule has 1 aliphatic rings. The molecule has 94 valence electrons. The number of rotatable bonds is 2. The summed E-state index contributed by atoms with van der Waals surface area (Å²) < 4.78 is 19.0. The molecule has 1 fully saturated rings. The quantitative estimate of drug-likeness (QED) is 0.802. The molecule has 2 atom stereocenters. The van der Waals surface area contributed by atoms with Crippen LogP contribution in [0.4, 0.5) is 4.39 Å². The van der Waals surface area contributed by atoms with Gasteiger partial charge in [-0.15, -0.1) is 0 Å². The molecule has 0 amide bonds. The average molecular weight is 237 g/mol. The number of hydrogen-bond donors (Lipinski definition) is 1. The predicted octanol–water partition coefficient (Wildman–Crippen LogP) is 3.21. The van der Waals surface area contributed by atoms with Crippen molar-refractivity contribution in [1.82, 2.24) is 0 Å². The minimum atomic E-state index is -0.188. The van der Waals surface area contributed by atoms with Gasteiger partial charge in [-0.25, -0.2) is 4.39 Å². The molecule has 1 aromatic carbocycles. The SMILES string of the molecule is COc1ccc(C2CCCCCC2N)c(F)c1. The summed E-state index contributed by atoms with van der Waals surface area (Å²) in [5.74, 6) is 0.531. The molecule has 0 spiro atoms. The fourth-order valence-corrected chi connectivity index (χ4v) is 2.66. The first-order valence-electron chi connectivity index (χ1n) is 6.31. The van der Waals surface area contributed by atoms with Gasteiger partial charge in [-0.1, -0.05) is 25.3 Å². The van der Waals surface area contributed by atoms with Crippen LogP contribution in [0.25, 0.3) is 0 Å². The normalized spacial score (nSPS) is 25.4. The monoisotopic (exact) mass is 237 g/mol. The van der Waals surface area contributed by atoms with Gasteiger partial charge in [-0.3, -0.25) is 0 Å². The van der Waals surface area contributed by atoms with E-state index in [1.54, 1.807) is 7.11 Å². The molecular weight excluding hydrogens is 217 g/mol. The molecule has 1 aliphatic carbocycles. The van der Waals surface area contributed by atoms with Crippen molar-refractivity contribution in [1.29, 1.82) is 0 Å². The topological polar surface area (TPSA) is 35.2 Å².